The van der Waals surface area contributed by atoms with Crippen molar-refractivity contribution in [1.29, 1.82) is 0 Å². The predicted molar refractivity (Wildman–Crippen MR) is 96.6 cm³/mol. The molecule has 6 nitrogen and oxygen atoms in total. The van der Waals surface area contributed by atoms with Gasteiger partial charge >= 0.3 is 0 Å². The van der Waals surface area contributed by atoms with Crippen molar-refractivity contribution in [2.24, 2.45) is 0 Å². The molecule has 138 valence electrons. The van der Waals surface area contributed by atoms with Crippen LogP contribution in [0, 0.1) is 5.95 Å². The van der Waals surface area contributed by atoms with Crippen LogP contribution in [0.15, 0.2) is 36.7 Å². The Hall–Kier alpha value is -3.01. The van der Waals surface area contributed by atoms with Crippen molar-refractivity contribution in [2.45, 2.75) is 6.10 Å². The molecule has 0 unspecified atom stereocenters. The van der Waals surface area contributed by atoms with Crippen molar-refractivity contribution in [3.8, 4) is 5.75 Å². The van der Waals surface area contributed by atoms with Gasteiger partial charge < -0.3 is 10.1 Å². The minimum atomic E-state index is -1.16. The van der Waals surface area contributed by atoms with E-state index in [2.05, 4.69) is 25.3 Å². The summed E-state index contributed by atoms with van der Waals surface area (Å²) in [6.07, 6.45) is 0.219. The Labute approximate surface area is 155 Å². The number of nitrogens with zero attached hydrogens (tertiary/aromatic N) is 4. The number of anilines is 2. The second-order valence-electron chi connectivity index (χ2n) is 5.55. The fraction of sp³-hybridized carbons (Fsp3) is 0.176. The summed E-state index contributed by atoms with van der Waals surface area (Å²) in [5, 5.41) is 4.11. The van der Waals surface area contributed by atoms with E-state index in [1.807, 2.05) is 0 Å². The largest absolute Gasteiger partial charge is 0.485 e. The van der Waals surface area contributed by atoms with Crippen LogP contribution in [0.1, 0.15) is 0 Å². The highest BCUT2D eigenvalue weighted by molar-refractivity contribution is 7.21. The van der Waals surface area contributed by atoms with Gasteiger partial charge in [-0.1, -0.05) is 11.3 Å². The molecule has 0 saturated heterocycles. The Bertz CT molecular complexity index is 1100. The molecular weight excluding hydrogens is 379 g/mol. The summed E-state index contributed by atoms with van der Waals surface area (Å²) in [5.41, 5.74) is 1.17. The van der Waals surface area contributed by atoms with Crippen LogP contribution >= 0.6 is 11.3 Å². The van der Waals surface area contributed by atoms with Gasteiger partial charge in [0.2, 0.25) is 5.95 Å². The summed E-state index contributed by atoms with van der Waals surface area (Å²) < 4.78 is 44.0. The predicted octanol–water partition coefficient (Wildman–Crippen LogP) is 4.20. The lowest BCUT2D eigenvalue weighted by molar-refractivity contribution is 0.134. The standard InChI is InChI=1S/C17H12F3N5OS/c18-6-10(7-19)26-9-1-2-12-11(5-9)15(22-8-21-12)25-17-23-13-3-4-14(20)24-16(13)27-17/h1-5,8,10H,6-7H2,(H,21,22,23,25). The maximum Gasteiger partial charge on any atom is 0.214 e. The minimum absolute atomic E-state index is 0.300. The molecule has 1 N–H and O–H groups in total. The van der Waals surface area contributed by atoms with Gasteiger partial charge in [0, 0.05) is 5.39 Å². The molecule has 4 aromatic rings. The highest BCUT2D eigenvalue weighted by Gasteiger charge is 2.13. The number of ether oxygens (including phenoxy) is 1. The van der Waals surface area contributed by atoms with Crippen LogP contribution in [0.4, 0.5) is 24.1 Å². The Kier molecular flexibility index (Phi) is 4.71. The Balaban J connectivity index is 1.69. The number of nitrogens with one attached hydrogen (secondary N) is 1. The summed E-state index contributed by atoms with van der Waals surface area (Å²) in [6, 6.07) is 7.63. The van der Waals surface area contributed by atoms with E-state index in [4.69, 9.17) is 4.74 Å². The molecule has 27 heavy (non-hydrogen) atoms. The van der Waals surface area contributed by atoms with Crippen LogP contribution in [0.5, 0.6) is 5.75 Å². The number of rotatable bonds is 6. The van der Waals surface area contributed by atoms with Crippen LogP contribution in [0.25, 0.3) is 21.3 Å². The smallest absolute Gasteiger partial charge is 0.214 e. The number of aromatic nitrogens is 4. The van der Waals surface area contributed by atoms with Crippen LogP contribution < -0.4 is 10.1 Å². The number of benzene rings is 1. The Morgan fingerprint density at radius 3 is 2.67 bits per heavy atom. The van der Waals surface area contributed by atoms with Crippen LogP contribution in [0.3, 0.4) is 0 Å². The molecule has 0 spiro atoms. The molecule has 0 atom stereocenters. The average molecular weight is 391 g/mol. The maximum absolute atomic E-state index is 13.2. The summed E-state index contributed by atoms with van der Waals surface area (Å²) >= 11 is 1.17. The highest BCUT2D eigenvalue weighted by Crippen LogP contribution is 2.30. The zero-order valence-electron chi connectivity index (χ0n) is 13.7. The van der Waals surface area contributed by atoms with Crippen molar-refractivity contribution in [1.82, 2.24) is 19.9 Å². The first kappa shape index (κ1) is 17.4. The lowest BCUT2D eigenvalue weighted by Crippen LogP contribution is -2.21. The van der Waals surface area contributed by atoms with Crippen molar-refractivity contribution in [3.05, 3.63) is 42.6 Å². The van der Waals surface area contributed by atoms with E-state index in [0.717, 1.165) is 0 Å². The molecule has 0 aliphatic rings. The van der Waals surface area contributed by atoms with Gasteiger partial charge in [-0.25, -0.2) is 28.7 Å². The SMILES string of the molecule is FCC(CF)Oc1ccc2ncnc(Nc3nc4ccc(F)nc4s3)c2c1. The third-order valence-corrected chi connectivity index (χ3v) is 4.58. The number of hydrogen-bond donors (Lipinski definition) is 1. The summed E-state index contributed by atoms with van der Waals surface area (Å²) in [6.45, 7) is -1.86. The molecule has 0 aliphatic heterocycles. The monoisotopic (exact) mass is 391 g/mol. The minimum Gasteiger partial charge on any atom is -0.485 e. The molecule has 10 heteroatoms. The van der Waals surface area contributed by atoms with Crippen LogP contribution in [-0.2, 0) is 0 Å². The fourth-order valence-electron chi connectivity index (χ4n) is 2.45. The number of thiazole rings is 1. The summed E-state index contributed by atoms with van der Waals surface area (Å²) in [4.78, 5) is 16.9. The molecule has 3 aromatic heterocycles. The molecule has 0 saturated carbocycles. The van der Waals surface area contributed by atoms with E-state index < -0.39 is 25.4 Å². The fourth-order valence-corrected chi connectivity index (χ4v) is 3.28. The van der Waals surface area contributed by atoms with Crippen LogP contribution in [0.2, 0.25) is 0 Å². The van der Waals surface area contributed by atoms with Crippen LogP contribution in [-0.4, -0.2) is 39.4 Å². The maximum atomic E-state index is 13.2. The van der Waals surface area contributed by atoms with Gasteiger partial charge in [0.05, 0.1) is 5.52 Å². The second kappa shape index (κ2) is 7.31. The highest BCUT2D eigenvalue weighted by atomic mass is 32.1. The van der Waals surface area contributed by atoms with Gasteiger partial charge in [-0.2, -0.15) is 4.39 Å². The first-order valence-corrected chi connectivity index (χ1v) is 8.71. The topological polar surface area (TPSA) is 72.8 Å². The van der Waals surface area contributed by atoms with Crippen molar-refractivity contribution >= 4 is 43.5 Å². The molecule has 0 aliphatic carbocycles. The molecular formula is C17H12F3N5OS. The third-order valence-electron chi connectivity index (χ3n) is 3.70. The summed E-state index contributed by atoms with van der Waals surface area (Å²) in [7, 11) is 0. The molecule has 1 aromatic carbocycles. The molecule has 0 amide bonds. The first-order valence-electron chi connectivity index (χ1n) is 7.89. The lowest BCUT2D eigenvalue weighted by Gasteiger charge is -2.13. The second-order valence-corrected chi connectivity index (χ2v) is 6.53. The van der Waals surface area contributed by atoms with E-state index in [9.17, 15) is 13.2 Å². The molecule has 0 fully saturated rings. The van der Waals surface area contributed by atoms with Gasteiger partial charge in [-0.3, -0.25) is 0 Å². The number of alkyl halides is 2. The van der Waals surface area contributed by atoms with Gasteiger partial charge in [0.1, 0.15) is 41.6 Å². The van der Waals surface area contributed by atoms with Gasteiger partial charge in [0.15, 0.2) is 11.2 Å². The molecule has 0 radical (unpaired) electrons. The van der Waals surface area contributed by atoms with E-state index in [0.29, 0.717) is 37.9 Å². The zero-order chi connectivity index (χ0) is 18.8. The number of hydrogen-bond acceptors (Lipinski definition) is 7. The number of pyridine rings is 1. The van der Waals surface area contributed by atoms with E-state index in [1.54, 1.807) is 18.2 Å². The van der Waals surface area contributed by atoms with E-state index >= 15 is 0 Å². The van der Waals surface area contributed by atoms with Crippen molar-refractivity contribution in [2.75, 3.05) is 18.7 Å². The molecule has 0 bridgehead atoms. The normalized spacial score (nSPS) is 11.4. The van der Waals surface area contributed by atoms with Gasteiger partial charge in [-0.15, -0.1) is 0 Å². The zero-order valence-corrected chi connectivity index (χ0v) is 14.5. The Morgan fingerprint density at radius 2 is 1.85 bits per heavy atom. The van der Waals surface area contributed by atoms with Crippen molar-refractivity contribution in [3.63, 3.8) is 0 Å². The van der Waals surface area contributed by atoms with Crippen molar-refractivity contribution < 1.29 is 17.9 Å². The lowest BCUT2D eigenvalue weighted by atomic mass is 10.2. The first-order chi connectivity index (χ1) is 13.2. The Morgan fingerprint density at radius 1 is 1.04 bits per heavy atom. The quantitative estimate of drug-likeness (QED) is 0.497. The number of fused-ring (bicyclic) bond motifs is 2. The van der Waals surface area contributed by atoms with Gasteiger partial charge in [0.25, 0.3) is 0 Å². The average Bonchev–Trinajstić information content (AvgIpc) is 3.07. The third kappa shape index (κ3) is 3.61. The summed E-state index contributed by atoms with van der Waals surface area (Å²) in [5.74, 6) is 0.151. The van der Waals surface area contributed by atoms with Gasteiger partial charge in [-0.05, 0) is 30.3 Å². The van der Waals surface area contributed by atoms with E-state index in [1.165, 1.54) is 29.8 Å². The molecule has 3 heterocycles. The molecule has 4 rings (SSSR count). The van der Waals surface area contributed by atoms with E-state index in [-0.39, 0.29) is 0 Å². The number of halogens is 3.